The van der Waals surface area contributed by atoms with Gasteiger partial charge >= 0.3 is 0 Å². The topological polar surface area (TPSA) is 55.6 Å². The van der Waals surface area contributed by atoms with Crippen molar-refractivity contribution < 1.29 is 0 Å². The molecule has 0 bridgehead atoms. The molecule has 0 radical (unpaired) electrons. The molecule has 2 unspecified atom stereocenters. The van der Waals surface area contributed by atoms with Gasteiger partial charge in [0.15, 0.2) is 0 Å². The lowest BCUT2D eigenvalue weighted by atomic mass is 10.2. The lowest BCUT2D eigenvalue weighted by Crippen LogP contribution is -2.33. The fourth-order valence-electron chi connectivity index (χ4n) is 2.40. The van der Waals surface area contributed by atoms with Gasteiger partial charge in [-0.25, -0.2) is 4.68 Å². The van der Waals surface area contributed by atoms with Gasteiger partial charge in [-0.2, -0.15) is 0 Å². The molecule has 1 fully saturated rings. The van der Waals surface area contributed by atoms with Gasteiger partial charge in [-0.05, 0) is 36.7 Å². The number of nitrogens with zero attached hydrogens (tertiary/aromatic N) is 4. The monoisotopic (exact) mass is 269 g/mol. The highest BCUT2D eigenvalue weighted by Gasteiger charge is 2.23. The Morgan fingerprint density at radius 3 is 2.78 bits per heavy atom. The first-order valence-electron chi connectivity index (χ1n) is 6.90. The summed E-state index contributed by atoms with van der Waals surface area (Å²) in [6, 6.07) is 0.984. The highest BCUT2D eigenvalue weighted by Crippen LogP contribution is 2.32. The fraction of sp³-hybridized carbons (Fsp3) is 0.917. The van der Waals surface area contributed by atoms with Gasteiger partial charge in [0.1, 0.15) is 0 Å². The van der Waals surface area contributed by atoms with Gasteiger partial charge in [-0.15, -0.1) is 5.10 Å². The van der Waals surface area contributed by atoms with E-state index in [1.165, 1.54) is 25.7 Å². The molecule has 6 heteroatoms. The van der Waals surface area contributed by atoms with E-state index in [0.29, 0.717) is 17.3 Å². The van der Waals surface area contributed by atoms with Crippen LogP contribution in [-0.2, 0) is 0 Å². The minimum atomic E-state index is 0.466. The lowest BCUT2D eigenvalue weighted by molar-refractivity contribution is 0.422. The maximum Gasteiger partial charge on any atom is 0.209 e. The Kier molecular flexibility index (Phi) is 5.00. The maximum atomic E-state index is 4.18. The number of hydrogen-bond acceptors (Lipinski definition) is 5. The highest BCUT2D eigenvalue weighted by atomic mass is 32.2. The molecule has 5 nitrogen and oxygen atoms in total. The Morgan fingerprint density at radius 2 is 2.11 bits per heavy atom. The quantitative estimate of drug-likeness (QED) is 0.803. The van der Waals surface area contributed by atoms with Crippen LogP contribution in [-0.4, -0.2) is 38.0 Å². The van der Waals surface area contributed by atoms with E-state index in [0.717, 1.165) is 11.7 Å². The minimum Gasteiger partial charge on any atom is -0.313 e. The second-order valence-electron chi connectivity index (χ2n) is 5.01. The zero-order valence-electron chi connectivity index (χ0n) is 11.5. The van der Waals surface area contributed by atoms with E-state index < -0.39 is 0 Å². The van der Waals surface area contributed by atoms with Gasteiger partial charge in [-0.1, -0.05) is 38.5 Å². The van der Waals surface area contributed by atoms with Crippen molar-refractivity contribution >= 4 is 11.8 Å². The van der Waals surface area contributed by atoms with Crippen molar-refractivity contribution in [3.8, 4) is 0 Å². The van der Waals surface area contributed by atoms with Crippen LogP contribution in [0.5, 0.6) is 0 Å². The first kappa shape index (κ1) is 13.8. The molecule has 2 atom stereocenters. The van der Waals surface area contributed by atoms with Gasteiger partial charge < -0.3 is 5.32 Å². The number of tetrazole rings is 1. The minimum absolute atomic E-state index is 0.466. The smallest absolute Gasteiger partial charge is 0.209 e. The molecular weight excluding hydrogens is 246 g/mol. The predicted octanol–water partition coefficient (Wildman–Crippen LogP) is 2.27. The third-order valence-electron chi connectivity index (χ3n) is 3.65. The van der Waals surface area contributed by atoms with E-state index in [2.05, 4.69) is 41.6 Å². The van der Waals surface area contributed by atoms with Crippen LogP contribution < -0.4 is 5.32 Å². The lowest BCUT2D eigenvalue weighted by Gasteiger charge is -2.20. The summed E-state index contributed by atoms with van der Waals surface area (Å²) in [5, 5.41) is 17.1. The standard InChI is InChI=1S/C12H23N5S/c1-4-13-9(2)10(3)18-12-14-15-16-17(12)11-7-5-6-8-11/h9-11,13H,4-8H2,1-3H3. The Bertz CT molecular complexity index is 361. The third kappa shape index (κ3) is 3.23. The fourth-order valence-corrected chi connectivity index (χ4v) is 3.41. The Morgan fingerprint density at radius 1 is 1.39 bits per heavy atom. The van der Waals surface area contributed by atoms with Crippen LogP contribution in [0.4, 0.5) is 0 Å². The molecular formula is C12H23N5S. The van der Waals surface area contributed by atoms with Crippen molar-refractivity contribution in [3.63, 3.8) is 0 Å². The molecule has 1 saturated carbocycles. The molecule has 1 aromatic heterocycles. The molecule has 2 rings (SSSR count). The SMILES string of the molecule is CCNC(C)C(C)Sc1nnnn1C1CCCC1. The molecule has 1 aliphatic carbocycles. The van der Waals surface area contributed by atoms with Crippen LogP contribution in [0.2, 0.25) is 0 Å². The second-order valence-corrected chi connectivity index (χ2v) is 6.36. The molecule has 0 spiro atoms. The molecule has 1 aromatic rings. The summed E-state index contributed by atoms with van der Waals surface area (Å²) in [5.74, 6) is 0. The predicted molar refractivity (Wildman–Crippen MR) is 73.8 cm³/mol. The van der Waals surface area contributed by atoms with E-state index in [4.69, 9.17) is 0 Å². The molecule has 0 saturated heterocycles. The molecule has 0 aliphatic heterocycles. The molecule has 102 valence electrons. The third-order valence-corrected chi connectivity index (χ3v) is 4.91. The van der Waals surface area contributed by atoms with Crippen LogP contribution in [0.15, 0.2) is 5.16 Å². The van der Waals surface area contributed by atoms with Crippen LogP contribution in [0.1, 0.15) is 52.5 Å². The number of rotatable bonds is 6. The van der Waals surface area contributed by atoms with Crippen LogP contribution in [0.3, 0.4) is 0 Å². The maximum absolute atomic E-state index is 4.18. The Labute approximate surface area is 113 Å². The van der Waals surface area contributed by atoms with Crippen molar-refractivity contribution in [2.75, 3.05) is 6.54 Å². The summed E-state index contributed by atoms with van der Waals surface area (Å²) < 4.78 is 2.03. The second kappa shape index (κ2) is 6.52. The van der Waals surface area contributed by atoms with Crippen LogP contribution >= 0.6 is 11.8 Å². The molecule has 1 N–H and O–H groups in total. The van der Waals surface area contributed by atoms with Crippen LogP contribution in [0, 0.1) is 0 Å². The molecule has 18 heavy (non-hydrogen) atoms. The zero-order chi connectivity index (χ0) is 13.0. The van der Waals surface area contributed by atoms with Gasteiger partial charge in [-0.3, -0.25) is 0 Å². The van der Waals surface area contributed by atoms with Crippen molar-refractivity contribution in [2.45, 2.75) is 68.9 Å². The van der Waals surface area contributed by atoms with Crippen molar-refractivity contribution in [3.05, 3.63) is 0 Å². The molecule has 0 amide bonds. The van der Waals surface area contributed by atoms with E-state index in [1.807, 2.05) is 4.68 Å². The largest absolute Gasteiger partial charge is 0.313 e. The summed E-state index contributed by atoms with van der Waals surface area (Å²) in [4.78, 5) is 0. The van der Waals surface area contributed by atoms with E-state index in [9.17, 15) is 0 Å². The Hall–Kier alpha value is -0.620. The Balaban J connectivity index is 1.98. The summed E-state index contributed by atoms with van der Waals surface area (Å²) in [7, 11) is 0. The number of aromatic nitrogens is 4. The number of thioether (sulfide) groups is 1. The zero-order valence-corrected chi connectivity index (χ0v) is 12.3. The molecule has 1 aliphatic rings. The average molecular weight is 269 g/mol. The summed E-state index contributed by atoms with van der Waals surface area (Å²) >= 11 is 1.78. The summed E-state index contributed by atoms with van der Waals surface area (Å²) in [6.45, 7) is 7.58. The number of hydrogen-bond donors (Lipinski definition) is 1. The van der Waals surface area contributed by atoms with Gasteiger partial charge in [0, 0.05) is 11.3 Å². The number of nitrogens with one attached hydrogen (secondary N) is 1. The average Bonchev–Trinajstić information content (AvgIpc) is 2.98. The molecule has 1 heterocycles. The summed E-state index contributed by atoms with van der Waals surface area (Å²) in [5.41, 5.74) is 0. The van der Waals surface area contributed by atoms with Crippen molar-refractivity contribution in [1.29, 1.82) is 0 Å². The van der Waals surface area contributed by atoms with Crippen molar-refractivity contribution in [2.24, 2.45) is 0 Å². The summed E-state index contributed by atoms with van der Waals surface area (Å²) in [6.07, 6.45) is 5.04. The first-order valence-corrected chi connectivity index (χ1v) is 7.78. The normalized spacial score (nSPS) is 20.2. The van der Waals surface area contributed by atoms with E-state index in [1.54, 1.807) is 11.8 Å². The van der Waals surface area contributed by atoms with Gasteiger partial charge in [0.05, 0.1) is 6.04 Å². The van der Waals surface area contributed by atoms with Crippen molar-refractivity contribution in [1.82, 2.24) is 25.5 Å². The molecule has 0 aromatic carbocycles. The van der Waals surface area contributed by atoms with Crippen LogP contribution in [0.25, 0.3) is 0 Å². The first-order chi connectivity index (χ1) is 8.72. The highest BCUT2D eigenvalue weighted by molar-refractivity contribution is 7.99. The van der Waals surface area contributed by atoms with E-state index >= 15 is 0 Å². The van der Waals surface area contributed by atoms with Gasteiger partial charge in [0.2, 0.25) is 5.16 Å². The van der Waals surface area contributed by atoms with Gasteiger partial charge in [0.25, 0.3) is 0 Å². The van der Waals surface area contributed by atoms with E-state index in [-0.39, 0.29) is 0 Å².